The molecule has 0 aromatic heterocycles. The largest absolute Gasteiger partial charge is 0.444 e. The van der Waals surface area contributed by atoms with Gasteiger partial charge < -0.3 is 4.74 Å². The molecule has 0 N–H and O–H groups in total. The average molecular weight is 333 g/mol. The minimum atomic E-state index is -0.767. The predicted molar refractivity (Wildman–Crippen MR) is 83.6 cm³/mol. The lowest BCUT2D eigenvalue weighted by atomic mass is 10.1. The quantitative estimate of drug-likeness (QED) is 0.408. The van der Waals surface area contributed by atoms with Crippen molar-refractivity contribution in [3.63, 3.8) is 0 Å². The van der Waals surface area contributed by atoms with E-state index in [9.17, 15) is 9.18 Å². The van der Waals surface area contributed by atoms with Crippen LogP contribution in [0.4, 0.5) is 4.39 Å². The first-order valence-electron chi connectivity index (χ1n) is 6.67. The first-order valence-corrected chi connectivity index (χ1v) is 7.43. The normalized spacial score (nSPS) is 24.7. The van der Waals surface area contributed by atoms with Gasteiger partial charge in [-0.05, 0) is 36.3 Å². The van der Waals surface area contributed by atoms with E-state index < -0.39 is 12.8 Å². The fraction of sp³-hybridized carbons (Fsp3) is 0.562. The second-order valence-corrected chi connectivity index (χ2v) is 6.70. The first-order chi connectivity index (χ1) is 9.75. The van der Waals surface area contributed by atoms with Gasteiger partial charge in [0.1, 0.15) is 4.49 Å². The lowest BCUT2D eigenvalue weighted by Gasteiger charge is -2.13. The van der Waals surface area contributed by atoms with Crippen LogP contribution in [0, 0.1) is 29.6 Å². The highest BCUT2D eigenvalue weighted by atomic mass is 35.5. The van der Waals surface area contributed by atoms with Crippen LogP contribution in [0.1, 0.15) is 27.2 Å². The number of carbonyl (C=O) groups is 1. The molecule has 2 nitrogen and oxygen atoms in total. The molecule has 116 valence electrons. The molecule has 3 atom stereocenters. The number of ether oxygens (including phenoxy) is 1. The van der Waals surface area contributed by atoms with Gasteiger partial charge in [0.2, 0.25) is 0 Å². The Morgan fingerprint density at radius 1 is 1.52 bits per heavy atom. The summed E-state index contributed by atoms with van der Waals surface area (Å²) in [5.74, 6) is 1.63. The molecule has 0 bridgehead atoms. The molecule has 0 heterocycles. The van der Waals surface area contributed by atoms with Gasteiger partial charge in [0.15, 0.2) is 6.10 Å². The average Bonchev–Trinajstić information content (AvgIpc) is 2.93. The molecule has 0 aliphatic heterocycles. The third-order valence-electron chi connectivity index (χ3n) is 3.84. The van der Waals surface area contributed by atoms with Crippen molar-refractivity contribution in [3.8, 4) is 12.3 Å². The van der Waals surface area contributed by atoms with Crippen molar-refractivity contribution < 1.29 is 13.9 Å². The van der Waals surface area contributed by atoms with Crippen molar-refractivity contribution in [2.24, 2.45) is 17.3 Å². The molecular formula is C16H19Cl2FO2. The van der Waals surface area contributed by atoms with E-state index >= 15 is 0 Å². The summed E-state index contributed by atoms with van der Waals surface area (Å²) >= 11 is 11.3. The summed E-state index contributed by atoms with van der Waals surface area (Å²) in [5.41, 5.74) is 0.395. The van der Waals surface area contributed by atoms with Gasteiger partial charge in [-0.15, -0.1) is 6.42 Å². The number of terminal acetylenes is 1. The number of carbonyl (C=O) groups excluding carboxylic acids is 1. The van der Waals surface area contributed by atoms with Crippen molar-refractivity contribution in [1.29, 1.82) is 0 Å². The van der Waals surface area contributed by atoms with E-state index in [-0.39, 0.29) is 34.1 Å². The summed E-state index contributed by atoms with van der Waals surface area (Å²) in [4.78, 5) is 12.2. The Bertz CT molecular complexity index is 499. The molecule has 1 saturated carbocycles. The van der Waals surface area contributed by atoms with Crippen LogP contribution in [0.2, 0.25) is 0 Å². The Kier molecular flexibility index (Phi) is 6.31. The Morgan fingerprint density at radius 2 is 2.14 bits per heavy atom. The monoisotopic (exact) mass is 332 g/mol. The van der Waals surface area contributed by atoms with Gasteiger partial charge >= 0.3 is 5.97 Å². The number of hydrogen-bond donors (Lipinski definition) is 0. The van der Waals surface area contributed by atoms with Crippen LogP contribution in [0.5, 0.6) is 0 Å². The van der Waals surface area contributed by atoms with Gasteiger partial charge in [-0.1, -0.05) is 49.0 Å². The number of allylic oxidation sites excluding steroid dienone is 2. The van der Waals surface area contributed by atoms with E-state index in [4.69, 9.17) is 34.4 Å². The second kappa shape index (κ2) is 7.33. The van der Waals surface area contributed by atoms with Crippen LogP contribution < -0.4 is 0 Å². The number of halogens is 3. The van der Waals surface area contributed by atoms with E-state index in [0.29, 0.717) is 5.57 Å². The first kappa shape index (κ1) is 18.1. The van der Waals surface area contributed by atoms with Crippen molar-refractivity contribution >= 4 is 29.2 Å². The van der Waals surface area contributed by atoms with Crippen molar-refractivity contribution in [1.82, 2.24) is 0 Å². The van der Waals surface area contributed by atoms with Gasteiger partial charge in [-0.3, -0.25) is 9.18 Å². The topological polar surface area (TPSA) is 26.3 Å². The Hall–Kier alpha value is -0.980. The van der Waals surface area contributed by atoms with E-state index in [1.165, 1.54) is 0 Å². The molecule has 1 aliphatic carbocycles. The van der Waals surface area contributed by atoms with Crippen LogP contribution in [0.15, 0.2) is 22.2 Å². The fourth-order valence-corrected chi connectivity index (χ4v) is 2.68. The molecule has 0 aromatic carbocycles. The molecule has 0 amide bonds. The molecule has 0 radical (unpaired) electrons. The minimum absolute atomic E-state index is 0.0662. The number of esters is 1. The molecule has 1 rings (SSSR count). The van der Waals surface area contributed by atoms with Crippen LogP contribution >= 0.6 is 23.2 Å². The Morgan fingerprint density at radius 3 is 2.62 bits per heavy atom. The lowest BCUT2D eigenvalue weighted by molar-refractivity contribution is -0.147. The lowest BCUT2D eigenvalue weighted by Crippen LogP contribution is -2.20. The Balaban J connectivity index is 2.73. The zero-order valence-electron chi connectivity index (χ0n) is 12.3. The van der Waals surface area contributed by atoms with Gasteiger partial charge in [0.05, 0.1) is 12.6 Å². The standard InChI is InChI=1S/C16H19Cl2FO2/c1-5-12(10(2)7-6-8-19)21-15(20)14-11(9-13(17)18)16(14,3)4/h1,7,9,11-12,14H,6,8H2,2-4H3. The van der Waals surface area contributed by atoms with Crippen molar-refractivity contribution in [2.75, 3.05) is 6.67 Å². The Labute approximate surface area is 135 Å². The minimum Gasteiger partial charge on any atom is -0.444 e. The fourth-order valence-electron chi connectivity index (χ4n) is 2.41. The van der Waals surface area contributed by atoms with Crippen LogP contribution in [0.3, 0.4) is 0 Å². The van der Waals surface area contributed by atoms with Crippen LogP contribution in [0.25, 0.3) is 0 Å². The maximum atomic E-state index is 12.2. The summed E-state index contributed by atoms with van der Waals surface area (Å²) < 4.78 is 17.6. The molecule has 0 spiro atoms. The van der Waals surface area contributed by atoms with E-state index in [1.807, 2.05) is 13.8 Å². The maximum absolute atomic E-state index is 12.2. The zero-order chi connectivity index (χ0) is 16.2. The SMILES string of the molecule is C#CC(OC(=O)C1C(C=C(Cl)Cl)C1(C)C)C(C)=CCCF. The van der Waals surface area contributed by atoms with Crippen molar-refractivity contribution in [2.45, 2.75) is 33.3 Å². The van der Waals surface area contributed by atoms with Crippen molar-refractivity contribution in [3.05, 3.63) is 22.2 Å². The van der Waals surface area contributed by atoms with Gasteiger partial charge in [-0.25, -0.2) is 0 Å². The molecule has 21 heavy (non-hydrogen) atoms. The molecule has 3 unspecified atom stereocenters. The zero-order valence-corrected chi connectivity index (χ0v) is 13.8. The highest BCUT2D eigenvalue weighted by Gasteiger charge is 2.61. The summed E-state index contributed by atoms with van der Waals surface area (Å²) in [6.07, 6.45) is 8.15. The van der Waals surface area contributed by atoms with E-state index in [0.717, 1.165) is 0 Å². The van der Waals surface area contributed by atoms with E-state index in [2.05, 4.69) is 5.92 Å². The number of alkyl halides is 1. The second-order valence-electron chi connectivity index (χ2n) is 5.69. The molecule has 0 aromatic rings. The molecule has 0 saturated heterocycles. The third kappa shape index (κ3) is 4.49. The predicted octanol–water partition coefficient (Wildman–Crippen LogP) is 4.43. The molecular weight excluding hydrogens is 314 g/mol. The maximum Gasteiger partial charge on any atom is 0.311 e. The third-order valence-corrected chi connectivity index (χ3v) is 4.10. The molecule has 5 heteroatoms. The molecule has 1 fully saturated rings. The smallest absolute Gasteiger partial charge is 0.311 e. The summed E-state index contributed by atoms with van der Waals surface area (Å²) in [6.45, 7) is 5.12. The summed E-state index contributed by atoms with van der Waals surface area (Å²) in [5, 5.41) is 0. The number of rotatable bonds is 6. The van der Waals surface area contributed by atoms with Gasteiger partial charge in [0, 0.05) is 0 Å². The van der Waals surface area contributed by atoms with Crippen LogP contribution in [-0.2, 0) is 9.53 Å². The van der Waals surface area contributed by atoms with Gasteiger partial charge in [-0.2, -0.15) is 0 Å². The summed E-state index contributed by atoms with van der Waals surface area (Å²) in [7, 11) is 0. The summed E-state index contributed by atoms with van der Waals surface area (Å²) in [6, 6.07) is 0. The van der Waals surface area contributed by atoms with Gasteiger partial charge in [0.25, 0.3) is 0 Å². The molecule has 1 aliphatic rings. The van der Waals surface area contributed by atoms with E-state index in [1.54, 1.807) is 19.1 Å². The highest BCUT2D eigenvalue weighted by Crippen LogP contribution is 2.60. The number of hydrogen-bond acceptors (Lipinski definition) is 2. The van der Waals surface area contributed by atoms with Crippen LogP contribution in [-0.4, -0.2) is 18.7 Å². The highest BCUT2D eigenvalue weighted by molar-refractivity contribution is 6.55.